The monoisotopic (exact) mass is 447 g/mol. The molecular formula is C19H27Cl2N3O3S. The van der Waals surface area contributed by atoms with E-state index in [1.54, 1.807) is 13.3 Å². The van der Waals surface area contributed by atoms with Crippen molar-refractivity contribution in [2.24, 2.45) is 0 Å². The van der Waals surface area contributed by atoms with Crippen molar-refractivity contribution in [3.05, 3.63) is 47.8 Å². The lowest BCUT2D eigenvalue weighted by Crippen LogP contribution is -2.10. The van der Waals surface area contributed by atoms with Crippen molar-refractivity contribution in [3.8, 4) is 5.75 Å². The van der Waals surface area contributed by atoms with Crippen LogP contribution in [-0.4, -0.2) is 39.8 Å². The van der Waals surface area contributed by atoms with Crippen LogP contribution >= 0.6 is 24.8 Å². The van der Waals surface area contributed by atoms with E-state index in [2.05, 4.69) is 15.0 Å². The Hall–Kier alpha value is -1.51. The van der Waals surface area contributed by atoms with Gasteiger partial charge in [-0.2, -0.15) is 4.98 Å². The maximum absolute atomic E-state index is 12.7. The summed E-state index contributed by atoms with van der Waals surface area (Å²) in [6.45, 7) is 3.17. The van der Waals surface area contributed by atoms with Gasteiger partial charge in [0.15, 0.2) is 5.75 Å². The van der Waals surface area contributed by atoms with E-state index in [1.165, 1.54) is 0 Å². The smallest absolute Gasteiger partial charge is 0.322 e. The number of rotatable bonds is 8. The Kier molecular flexibility index (Phi) is 12.2. The van der Waals surface area contributed by atoms with Gasteiger partial charge in [0.2, 0.25) is 0 Å². The Balaban J connectivity index is 0.00000243. The van der Waals surface area contributed by atoms with Crippen molar-refractivity contribution in [1.82, 2.24) is 15.0 Å². The molecule has 156 valence electrons. The van der Waals surface area contributed by atoms with Crippen molar-refractivity contribution in [3.63, 3.8) is 0 Å². The number of benzene rings is 1. The lowest BCUT2D eigenvalue weighted by atomic mass is 10.2. The molecule has 0 aliphatic carbocycles. The lowest BCUT2D eigenvalue weighted by molar-refractivity contribution is 0.172. The van der Waals surface area contributed by atoms with Crippen molar-refractivity contribution in [2.45, 2.75) is 31.7 Å². The second-order valence-electron chi connectivity index (χ2n) is 5.62. The molecule has 1 atom stereocenters. The fourth-order valence-corrected chi connectivity index (χ4v) is 3.58. The summed E-state index contributed by atoms with van der Waals surface area (Å²) < 4.78 is 23.5. The van der Waals surface area contributed by atoms with Crippen LogP contribution < -0.4 is 4.74 Å². The van der Waals surface area contributed by atoms with Crippen LogP contribution in [0.4, 0.5) is 0 Å². The van der Waals surface area contributed by atoms with Crippen molar-refractivity contribution >= 4 is 47.0 Å². The molecule has 1 aromatic carbocycles. The van der Waals surface area contributed by atoms with E-state index in [9.17, 15) is 4.55 Å². The van der Waals surface area contributed by atoms with Gasteiger partial charge in [-0.1, -0.05) is 19.6 Å². The average Bonchev–Trinajstić information content (AvgIpc) is 3.06. The van der Waals surface area contributed by atoms with Gasteiger partial charge >= 0.3 is 5.16 Å². The predicted molar refractivity (Wildman–Crippen MR) is 118 cm³/mol. The molecule has 0 bridgehead atoms. The van der Waals surface area contributed by atoms with Gasteiger partial charge in [0, 0.05) is 43.1 Å². The zero-order valence-electron chi connectivity index (χ0n) is 15.1. The van der Waals surface area contributed by atoms with Gasteiger partial charge in [-0.3, -0.25) is 9.97 Å². The van der Waals surface area contributed by atoms with Gasteiger partial charge in [0.25, 0.3) is 0 Å². The molecule has 2 heterocycles. The Labute approximate surface area is 181 Å². The molecular weight excluding hydrogens is 421 g/mol. The minimum Gasteiger partial charge on any atom is -0.609 e. The van der Waals surface area contributed by atoms with Crippen LogP contribution in [-0.2, 0) is 21.7 Å². The van der Waals surface area contributed by atoms with E-state index in [-0.39, 0.29) is 32.2 Å². The summed E-state index contributed by atoms with van der Waals surface area (Å²) in [6, 6.07) is 9.47. The van der Waals surface area contributed by atoms with Gasteiger partial charge in [0.05, 0.1) is 23.3 Å². The highest BCUT2D eigenvalue weighted by Gasteiger charge is 2.20. The van der Waals surface area contributed by atoms with E-state index in [4.69, 9.17) is 9.47 Å². The summed E-state index contributed by atoms with van der Waals surface area (Å²) in [4.78, 5) is 11.9. The van der Waals surface area contributed by atoms with Crippen LogP contribution in [0.1, 0.15) is 25.1 Å². The Morgan fingerprint density at radius 3 is 2.61 bits per heavy atom. The van der Waals surface area contributed by atoms with E-state index in [1.807, 2.05) is 37.3 Å². The molecule has 3 rings (SSSR count). The molecule has 0 spiro atoms. The zero-order chi connectivity index (χ0) is 17.6. The topological polar surface area (TPSA) is 83.1 Å². The number of aromatic nitrogens is 3. The van der Waals surface area contributed by atoms with Crippen LogP contribution in [0.3, 0.4) is 0 Å². The molecule has 0 amide bonds. The summed E-state index contributed by atoms with van der Waals surface area (Å²) in [6.07, 6.45) is 2.50. The molecule has 0 aliphatic heterocycles. The largest absolute Gasteiger partial charge is 0.609 e. The molecule has 0 saturated carbocycles. The summed E-state index contributed by atoms with van der Waals surface area (Å²) in [7, 11) is 1.67. The molecule has 9 heteroatoms. The minimum atomic E-state index is -1.30. The van der Waals surface area contributed by atoms with Crippen LogP contribution in [0, 0.1) is 6.92 Å². The number of H-pyrrole nitrogens is 1. The average molecular weight is 448 g/mol. The molecule has 1 unspecified atom stereocenters. The highest BCUT2D eigenvalue weighted by molar-refractivity contribution is 7.90. The molecule has 3 aromatic rings. The van der Waals surface area contributed by atoms with Crippen LogP contribution in [0.2, 0.25) is 0 Å². The molecule has 0 fully saturated rings. The number of fused-ring (bicyclic) bond motifs is 1. The molecule has 0 radical (unpaired) electrons. The highest BCUT2D eigenvalue weighted by atomic mass is 35.5. The second kappa shape index (κ2) is 12.9. The number of nitrogens with zero attached hydrogens (tertiary/aromatic N) is 2. The maximum atomic E-state index is 12.7. The number of hydrogen-bond donors (Lipinski definition) is 1. The first kappa shape index (κ1) is 26.5. The minimum absolute atomic E-state index is 0. The summed E-state index contributed by atoms with van der Waals surface area (Å²) >= 11 is -1.30. The third-order valence-electron chi connectivity index (χ3n) is 3.86. The number of aromatic amines is 1. The fraction of sp³-hybridized carbons (Fsp3) is 0.368. The highest BCUT2D eigenvalue weighted by Crippen LogP contribution is 2.24. The van der Waals surface area contributed by atoms with E-state index < -0.39 is 11.2 Å². The Morgan fingerprint density at radius 1 is 1.14 bits per heavy atom. The number of ether oxygens (including phenoxy) is 2. The van der Waals surface area contributed by atoms with Crippen LogP contribution in [0.5, 0.6) is 5.75 Å². The number of halogens is 2. The number of nitrogens with one attached hydrogen (secondary N) is 1. The standard InChI is InChI=1S/C18H21N3O3S.CH4.2ClH/c1-13-16(19-9-8-17(13)24-11-5-10-23-2)12-25(22)18-20-14-6-3-4-7-15(14)21-18;;;/h3-4,6-9H,5,10-12H2,1-2H3,(H,20,21);1H4;2*1H. The summed E-state index contributed by atoms with van der Waals surface area (Å²) in [5, 5.41) is 0.466. The van der Waals surface area contributed by atoms with E-state index >= 15 is 0 Å². The number of pyridine rings is 1. The van der Waals surface area contributed by atoms with Gasteiger partial charge in [-0.05, 0) is 25.1 Å². The molecule has 0 aliphatic rings. The quantitative estimate of drug-likeness (QED) is 0.406. The zero-order valence-corrected chi connectivity index (χ0v) is 17.6. The predicted octanol–water partition coefficient (Wildman–Crippen LogP) is 4.47. The second-order valence-corrected chi connectivity index (χ2v) is 6.99. The first-order valence-electron chi connectivity index (χ1n) is 8.08. The Bertz CT molecular complexity index is 815. The number of hydrogen-bond acceptors (Lipinski definition) is 5. The molecule has 28 heavy (non-hydrogen) atoms. The first-order valence-corrected chi connectivity index (χ1v) is 9.40. The SMILES string of the molecule is C.COCCCOc1ccnc(C[S+]([O-])c2nc3ccccc3[nH]2)c1C.Cl.Cl. The van der Waals surface area contributed by atoms with Crippen molar-refractivity contribution < 1.29 is 14.0 Å². The summed E-state index contributed by atoms with van der Waals surface area (Å²) in [5.74, 6) is 1.06. The van der Waals surface area contributed by atoms with E-state index in [0.717, 1.165) is 34.5 Å². The lowest BCUT2D eigenvalue weighted by Gasteiger charge is -2.12. The van der Waals surface area contributed by atoms with Gasteiger partial charge < -0.3 is 14.0 Å². The molecule has 1 N–H and O–H groups in total. The number of para-hydroxylation sites is 2. The van der Waals surface area contributed by atoms with Crippen molar-refractivity contribution in [1.29, 1.82) is 0 Å². The first-order chi connectivity index (χ1) is 12.2. The van der Waals surface area contributed by atoms with Gasteiger partial charge in [-0.15, -0.1) is 24.8 Å². The molecule has 0 saturated heterocycles. The fourth-order valence-electron chi connectivity index (χ4n) is 2.48. The summed E-state index contributed by atoms with van der Waals surface area (Å²) in [5.41, 5.74) is 3.35. The molecule has 6 nitrogen and oxygen atoms in total. The normalized spacial score (nSPS) is 11.1. The van der Waals surface area contributed by atoms with Crippen LogP contribution in [0.15, 0.2) is 41.7 Å². The van der Waals surface area contributed by atoms with Crippen molar-refractivity contribution in [2.75, 3.05) is 20.3 Å². The third kappa shape index (κ3) is 6.53. The van der Waals surface area contributed by atoms with Crippen LogP contribution in [0.25, 0.3) is 11.0 Å². The van der Waals surface area contributed by atoms with E-state index in [0.29, 0.717) is 24.1 Å². The maximum Gasteiger partial charge on any atom is 0.322 e. The van der Waals surface area contributed by atoms with Gasteiger partial charge in [-0.25, -0.2) is 0 Å². The Morgan fingerprint density at radius 2 is 1.89 bits per heavy atom. The number of imidazole rings is 1. The third-order valence-corrected chi connectivity index (χ3v) is 5.02. The van der Waals surface area contributed by atoms with Gasteiger partial charge in [0.1, 0.15) is 5.75 Å². The number of methoxy groups -OCH3 is 1. The molecule has 2 aromatic heterocycles.